The van der Waals surface area contributed by atoms with Gasteiger partial charge in [-0.2, -0.15) is 0 Å². The number of phenolic OH excluding ortho intramolecular Hbond substituents is 1. The summed E-state index contributed by atoms with van der Waals surface area (Å²) in [5.74, 6) is 1.26. The number of hydrogen-bond acceptors (Lipinski definition) is 3. The van der Waals surface area contributed by atoms with Crippen LogP contribution in [0, 0.1) is 16.7 Å². The minimum absolute atomic E-state index is 0.0135. The van der Waals surface area contributed by atoms with Crippen LogP contribution in [0.2, 0.25) is 0 Å². The summed E-state index contributed by atoms with van der Waals surface area (Å²) < 4.78 is 6.09. The lowest BCUT2D eigenvalue weighted by Crippen LogP contribution is -2.41. The van der Waals surface area contributed by atoms with Crippen molar-refractivity contribution in [3.8, 4) is 11.5 Å². The molecule has 0 aromatic heterocycles. The SMILES string of the molecule is C=C1C[C@@](C)(CO)CC(C)(C)[C@@H]1Cc1cc(OC)c(Br)cc1O. The van der Waals surface area contributed by atoms with Crippen LogP contribution in [0.25, 0.3) is 0 Å². The van der Waals surface area contributed by atoms with Gasteiger partial charge in [-0.25, -0.2) is 0 Å². The maximum absolute atomic E-state index is 10.3. The Morgan fingerprint density at radius 1 is 1.35 bits per heavy atom. The average molecular weight is 383 g/mol. The molecule has 1 fully saturated rings. The molecule has 0 saturated heterocycles. The molecule has 1 aromatic rings. The highest BCUT2D eigenvalue weighted by atomic mass is 79.9. The number of rotatable bonds is 4. The van der Waals surface area contributed by atoms with Crippen molar-refractivity contribution in [3.05, 3.63) is 34.3 Å². The van der Waals surface area contributed by atoms with E-state index in [1.807, 2.05) is 6.07 Å². The van der Waals surface area contributed by atoms with Crippen LogP contribution in [-0.2, 0) is 6.42 Å². The number of phenols is 1. The first kappa shape index (κ1) is 18.3. The van der Waals surface area contributed by atoms with Crippen molar-refractivity contribution in [2.24, 2.45) is 16.7 Å². The van der Waals surface area contributed by atoms with E-state index in [1.54, 1.807) is 13.2 Å². The highest BCUT2D eigenvalue weighted by molar-refractivity contribution is 9.10. The third kappa shape index (κ3) is 3.74. The van der Waals surface area contributed by atoms with Crippen LogP contribution < -0.4 is 4.74 Å². The second-order valence-corrected chi connectivity index (χ2v) is 8.70. The molecule has 23 heavy (non-hydrogen) atoms. The van der Waals surface area contributed by atoms with E-state index in [0.29, 0.717) is 0 Å². The number of aromatic hydroxyl groups is 1. The third-order valence-corrected chi connectivity index (χ3v) is 5.75. The van der Waals surface area contributed by atoms with E-state index in [2.05, 4.69) is 43.3 Å². The molecule has 2 atom stereocenters. The molecule has 0 bridgehead atoms. The molecule has 2 N–H and O–H groups in total. The van der Waals surface area contributed by atoms with Crippen molar-refractivity contribution in [1.29, 1.82) is 0 Å². The van der Waals surface area contributed by atoms with Gasteiger partial charge in [0.05, 0.1) is 11.6 Å². The number of methoxy groups -OCH3 is 1. The normalized spacial score (nSPS) is 27.0. The second kappa shape index (κ2) is 6.48. The molecule has 1 aliphatic carbocycles. The minimum atomic E-state index is -0.101. The number of allylic oxidation sites excluding steroid dienone is 1. The Morgan fingerprint density at radius 2 is 2.00 bits per heavy atom. The van der Waals surface area contributed by atoms with Gasteiger partial charge in [-0.05, 0) is 69.6 Å². The predicted molar refractivity (Wildman–Crippen MR) is 96.9 cm³/mol. The maximum Gasteiger partial charge on any atom is 0.133 e. The summed E-state index contributed by atoms with van der Waals surface area (Å²) in [6, 6.07) is 3.58. The van der Waals surface area contributed by atoms with Crippen LogP contribution in [0.15, 0.2) is 28.8 Å². The number of aliphatic hydroxyl groups is 1. The smallest absolute Gasteiger partial charge is 0.133 e. The Hall–Kier alpha value is -1.00. The van der Waals surface area contributed by atoms with Gasteiger partial charge in [0.2, 0.25) is 0 Å². The van der Waals surface area contributed by atoms with Gasteiger partial charge in [-0.3, -0.25) is 0 Å². The van der Waals surface area contributed by atoms with Gasteiger partial charge in [0.25, 0.3) is 0 Å². The Morgan fingerprint density at radius 3 is 2.52 bits per heavy atom. The minimum Gasteiger partial charge on any atom is -0.508 e. The molecule has 1 aromatic carbocycles. The van der Waals surface area contributed by atoms with Crippen molar-refractivity contribution in [2.45, 2.75) is 40.0 Å². The van der Waals surface area contributed by atoms with Gasteiger partial charge >= 0.3 is 0 Å². The van der Waals surface area contributed by atoms with Crippen LogP contribution in [0.1, 0.15) is 39.2 Å². The summed E-state index contributed by atoms with van der Waals surface area (Å²) in [5.41, 5.74) is 1.94. The first-order valence-electron chi connectivity index (χ1n) is 7.96. The van der Waals surface area contributed by atoms with Crippen LogP contribution in [0.3, 0.4) is 0 Å². The van der Waals surface area contributed by atoms with E-state index in [-0.39, 0.29) is 29.1 Å². The molecular weight excluding hydrogens is 356 g/mol. The fourth-order valence-corrected chi connectivity index (χ4v) is 4.66. The van der Waals surface area contributed by atoms with Crippen LogP contribution in [-0.4, -0.2) is 23.9 Å². The monoisotopic (exact) mass is 382 g/mol. The zero-order valence-electron chi connectivity index (χ0n) is 14.4. The molecule has 0 amide bonds. The zero-order chi connectivity index (χ0) is 17.4. The van der Waals surface area contributed by atoms with Crippen molar-refractivity contribution in [3.63, 3.8) is 0 Å². The van der Waals surface area contributed by atoms with Crippen molar-refractivity contribution in [1.82, 2.24) is 0 Å². The fourth-order valence-electron chi connectivity index (χ4n) is 4.17. The standard InChI is InChI=1S/C19H27BrO3/c1-12-9-19(4,11-21)10-18(2,3)14(12)6-13-7-17(23-5)15(20)8-16(13)22/h7-8,14,21-22H,1,6,9-11H2,2-5H3/t14-,19-/m1/s1. The molecule has 1 aliphatic rings. The number of ether oxygens (including phenoxy) is 1. The molecule has 2 rings (SSSR count). The Labute approximate surface area is 147 Å². The summed E-state index contributed by atoms with van der Waals surface area (Å²) in [6.07, 6.45) is 2.49. The van der Waals surface area contributed by atoms with Crippen LogP contribution in [0.5, 0.6) is 11.5 Å². The average Bonchev–Trinajstić information content (AvgIpc) is 2.44. The number of hydrogen-bond donors (Lipinski definition) is 2. The summed E-state index contributed by atoms with van der Waals surface area (Å²) >= 11 is 3.39. The van der Waals surface area contributed by atoms with E-state index in [4.69, 9.17) is 4.74 Å². The van der Waals surface area contributed by atoms with E-state index in [9.17, 15) is 10.2 Å². The summed E-state index contributed by atoms with van der Waals surface area (Å²) in [6.45, 7) is 11.0. The van der Waals surface area contributed by atoms with Gasteiger partial charge in [0, 0.05) is 6.61 Å². The molecule has 4 heteroatoms. The molecule has 0 spiro atoms. The first-order chi connectivity index (χ1) is 10.6. The summed E-state index contributed by atoms with van der Waals surface area (Å²) in [4.78, 5) is 0. The number of halogens is 1. The van der Waals surface area contributed by atoms with E-state index in [0.717, 1.165) is 40.6 Å². The van der Waals surface area contributed by atoms with E-state index >= 15 is 0 Å². The van der Waals surface area contributed by atoms with Crippen molar-refractivity contribution < 1.29 is 14.9 Å². The quantitative estimate of drug-likeness (QED) is 0.742. The predicted octanol–water partition coefficient (Wildman–Crippen LogP) is 4.70. The van der Waals surface area contributed by atoms with Gasteiger partial charge in [0.15, 0.2) is 0 Å². The molecule has 0 aliphatic heterocycles. The number of aliphatic hydroxyl groups excluding tert-OH is 1. The molecule has 3 nitrogen and oxygen atoms in total. The molecule has 0 unspecified atom stereocenters. The highest BCUT2D eigenvalue weighted by Crippen LogP contribution is 2.52. The lowest BCUT2D eigenvalue weighted by atomic mass is 9.56. The van der Waals surface area contributed by atoms with Gasteiger partial charge in [-0.15, -0.1) is 0 Å². The van der Waals surface area contributed by atoms with Crippen LogP contribution >= 0.6 is 15.9 Å². The molecule has 0 heterocycles. The number of benzene rings is 1. The lowest BCUT2D eigenvalue weighted by Gasteiger charge is -2.48. The van der Waals surface area contributed by atoms with Crippen molar-refractivity contribution in [2.75, 3.05) is 13.7 Å². The molecule has 128 valence electrons. The zero-order valence-corrected chi connectivity index (χ0v) is 16.0. The van der Waals surface area contributed by atoms with Gasteiger partial charge in [0.1, 0.15) is 11.5 Å². The van der Waals surface area contributed by atoms with Crippen molar-refractivity contribution >= 4 is 15.9 Å². The Bertz CT molecular complexity index is 609. The Balaban J connectivity index is 2.31. The van der Waals surface area contributed by atoms with Gasteiger partial charge in [-0.1, -0.05) is 32.9 Å². The van der Waals surface area contributed by atoms with E-state index < -0.39 is 0 Å². The summed E-state index contributed by atoms with van der Waals surface area (Å²) in [5, 5.41) is 20.0. The topological polar surface area (TPSA) is 49.7 Å². The second-order valence-electron chi connectivity index (χ2n) is 7.84. The van der Waals surface area contributed by atoms with Gasteiger partial charge < -0.3 is 14.9 Å². The lowest BCUT2D eigenvalue weighted by molar-refractivity contribution is 0.0332. The highest BCUT2D eigenvalue weighted by Gasteiger charge is 2.44. The summed E-state index contributed by atoms with van der Waals surface area (Å²) in [7, 11) is 1.62. The fraction of sp³-hybridized carbons (Fsp3) is 0.579. The molecule has 0 radical (unpaired) electrons. The van der Waals surface area contributed by atoms with E-state index in [1.165, 1.54) is 0 Å². The first-order valence-corrected chi connectivity index (χ1v) is 8.75. The Kier molecular flexibility index (Phi) is 5.17. The molecular formula is C19H27BrO3. The molecule has 1 saturated carbocycles. The van der Waals surface area contributed by atoms with Crippen LogP contribution in [0.4, 0.5) is 0 Å². The maximum atomic E-state index is 10.3. The third-order valence-electron chi connectivity index (χ3n) is 5.13. The largest absolute Gasteiger partial charge is 0.508 e.